The SMILES string of the molecule is CCOC(=O)CC(=O)OCC(CC)CC. The topological polar surface area (TPSA) is 52.6 Å². The zero-order valence-corrected chi connectivity index (χ0v) is 9.75. The van der Waals surface area contributed by atoms with Crippen LogP contribution >= 0.6 is 0 Å². The van der Waals surface area contributed by atoms with E-state index in [1.165, 1.54) is 0 Å². The fourth-order valence-corrected chi connectivity index (χ4v) is 1.12. The van der Waals surface area contributed by atoms with Crippen molar-refractivity contribution in [1.29, 1.82) is 0 Å². The van der Waals surface area contributed by atoms with Crippen molar-refractivity contribution in [3.63, 3.8) is 0 Å². The Hall–Kier alpha value is -1.06. The first kappa shape index (κ1) is 13.9. The number of hydrogen-bond donors (Lipinski definition) is 0. The summed E-state index contributed by atoms with van der Waals surface area (Å²) in [4.78, 5) is 22.1. The van der Waals surface area contributed by atoms with Crippen molar-refractivity contribution >= 4 is 11.9 Å². The van der Waals surface area contributed by atoms with Crippen LogP contribution in [-0.2, 0) is 19.1 Å². The fraction of sp³-hybridized carbons (Fsp3) is 0.818. The summed E-state index contributed by atoms with van der Waals surface area (Å²) < 4.78 is 9.60. The highest BCUT2D eigenvalue weighted by molar-refractivity contribution is 5.91. The monoisotopic (exact) mass is 216 g/mol. The van der Waals surface area contributed by atoms with Crippen molar-refractivity contribution < 1.29 is 19.1 Å². The lowest BCUT2D eigenvalue weighted by Gasteiger charge is -2.12. The molecule has 0 aromatic carbocycles. The zero-order valence-electron chi connectivity index (χ0n) is 9.75. The Balaban J connectivity index is 3.69. The lowest BCUT2D eigenvalue weighted by atomic mass is 10.1. The molecule has 0 unspecified atom stereocenters. The third-order valence-electron chi connectivity index (χ3n) is 2.23. The third-order valence-corrected chi connectivity index (χ3v) is 2.23. The lowest BCUT2D eigenvalue weighted by molar-refractivity contribution is -0.155. The summed E-state index contributed by atoms with van der Waals surface area (Å²) in [6.07, 6.45) is 1.67. The highest BCUT2D eigenvalue weighted by atomic mass is 16.6. The Kier molecular flexibility index (Phi) is 7.68. The van der Waals surface area contributed by atoms with E-state index in [9.17, 15) is 9.59 Å². The van der Waals surface area contributed by atoms with Crippen molar-refractivity contribution in [1.82, 2.24) is 0 Å². The van der Waals surface area contributed by atoms with Crippen LogP contribution in [-0.4, -0.2) is 25.2 Å². The van der Waals surface area contributed by atoms with Gasteiger partial charge in [0.25, 0.3) is 0 Å². The van der Waals surface area contributed by atoms with Gasteiger partial charge in [-0.1, -0.05) is 26.7 Å². The standard InChI is InChI=1S/C11H20O4/c1-4-9(5-2)8-15-11(13)7-10(12)14-6-3/h9H,4-8H2,1-3H3. The van der Waals surface area contributed by atoms with Crippen LogP contribution in [0.15, 0.2) is 0 Å². The van der Waals surface area contributed by atoms with Crippen molar-refractivity contribution in [3.05, 3.63) is 0 Å². The summed E-state index contributed by atoms with van der Waals surface area (Å²) in [7, 11) is 0. The predicted molar refractivity (Wildman–Crippen MR) is 56.3 cm³/mol. The Bertz CT molecular complexity index is 197. The zero-order chi connectivity index (χ0) is 11.7. The van der Waals surface area contributed by atoms with Gasteiger partial charge in [0.15, 0.2) is 0 Å². The molecule has 0 bridgehead atoms. The van der Waals surface area contributed by atoms with Crippen LogP contribution in [0.25, 0.3) is 0 Å². The highest BCUT2D eigenvalue weighted by Crippen LogP contribution is 2.08. The first-order valence-corrected chi connectivity index (χ1v) is 5.45. The Morgan fingerprint density at radius 2 is 1.53 bits per heavy atom. The Labute approximate surface area is 90.9 Å². The van der Waals surface area contributed by atoms with Gasteiger partial charge in [0.1, 0.15) is 6.42 Å². The number of ether oxygens (including phenoxy) is 2. The van der Waals surface area contributed by atoms with Crippen molar-refractivity contribution in [2.24, 2.45) is 5.92 Å². The van der Waals surface area contributed by atoms with Gasteiger partial charge in [-0.15, -0.1) is 0 Å². The van der Waals surface area contributed by atoms with E-state index in [2.05, 4.69) is 4.74 Å². The molecule has 0 aromatic heterocycles. The van der Waals surface area contributed by atoms with Gasteiger partial charge in [-0.25, -0.2) is 0 Å². The predicted octanol–water partition coefficient (Wildman–Crippen LogP) is 1.92. The number of hydrogen-bond acceptors (Lipinski definition) is 4. The highest BCUT2D eigenvalue weighted by Gasteiger charge is 2.13. The van der Waals surface area contributed by atoms with E-state index in [0.29, 0.717) is 19.1 Å². The molecular formula is C11H20O4. The average molecular weight is 216 g/mol. The van der Waals surface area contributed by atoms with E-state index in [-0.39, 0.29) is 6.42 Å². The van der Waals surface area contributed by atoms with Crippen LogP contribution in [0.3, 0.4) is 0 Å². The molecule has 4 nitrogen and oxygen atoms in total. The van der Waals surface area contributed by atoms with Gasteiger partial charge in [-0.2, -0.15) is 0 Å². The number of esters is 2. The van der Waals surface area contributed by atoms with E-state index < -0.39 is 11.9 Å². The molecule has 4 heteroatoms. The molecule has 0 spiro atoms. The molecule has 0 N–H and O–H groups in total. The minimum Gasteiger partial charge on any atom is -0.466 e. The van der Waals surface area contributed by atoms with Crippen LogP contribution in [0.2, 0.25) is 0 Å². The fourth-order valence-electron chi connectivity index (χ4n) is 1.12. The van der Waals surface area contributed by atoms with E-state index in [0.717, 1.165) is 12.8 Å². The van der Waals surface area contributed by atoms with Crippen LogP contribution in [0.1, 0.15) is 40.0 Å². The Morgan fingerprint density at radius 3 is 2.00 bits per heavy atom. The molecule has 0 aliphatic heterocycles. The maximum Gasteiger partial charge on any atom is 0.317 e. The number of carbonyl (C=O) groups is 2. The molecule has 0 aliphatic rings. The summed E-state index contributed by atoms with van der Waals surface area (Å²) in [6, 6.07) is 0. The molecule has 88 valence electrons. The van der Waals surface area contributed by atoms with Gasteiger partial charge in [0.2, 0.25) is 0 Å². The first-order chi connectivity index (χ1) is 7.13. The molecular weight excluding hydrogens is 196 g/mol. The van der Waals surface area contributed by atoms with Crippen molar-refractivity contribution in [3.8, 4) is 0 Å². The summed E-state index contributed by atoms with van der Waals surface area (Å²) in [5.74, 6) is -0.636. The van der Waals surface area contributed by atoms with Crippen LogP contribution in [0.5, 0.6) is 0 Å². The van der Waals surface area contributed by atoms with Gasteiger partial charge in [-0.3, -0.25) is 9.59 Å². The van der Waals surface area contributed by atoms with E-state index >= 15 is 0 Å². The first-order valence-electron chi connectivity index (χ1n) is 5.45. The molecule has 0 amide bonds. The molecule has 0 aliphatic carbocycles. The minimum atomic E-state index is -0.521. The van der Waals surface area contributed by atoms with Gasteiger partial charge in [-0.05, 0) is 12.8 Å². The molecule has 0 fully saturated rings. The lowest BCUT2D eigenvalue weighted by Crippen LogP contribution is -2.17. The second-order valence-corrected chi connectivity index (χ2v) is 3.35. The van der Waals surface area contributed by atoms with Gasteiger partial charge in [0.05, 0.1) is 13.2 Å². The molecule has 0 saturated heterocycles. The molecule has 15 heavy (non-hydrogen) atoms. The maximum absolute atomic E-state index is 11.1. The minimum absolute atomic E-state index is 0.284. The second-order valence-electron chi connectivity index (χ2n) is 3.35. The smallest absolute Gasteiger partial charge is 0.317 e. The van der Waals surface area contributed by atoms with Crippen LogP contribution < -0.4 is 0 Å². The largest absolute Gasteiger partial charge is 0.466 e. The van der Waals surface area contributed by atoms with Gasteiger partial charge >= 0.3 is 11.9 Å². The quantitative estimate of drug-likeness (QED) is 0.482. The Morgan fingerprint density at radius 1 is 1.00 bits per heavy atom. The normalized spacial score (nSPS) is 10.1. The molecule has 0 atom stereocenters. The number of carbonyl (C=O) groups excluding carboxylic acids is 2. The molecule has 0 rings (SSSR count). The van der Waals surface area contributed by atoms with Gasteiger partial charge < -0.3 is 9.47 Å². The molecule has 0 aromatic rings. The van der Waals surface area contributed by atoms with E-state index in [1.54, 1.807) is 6.92 Å². The van der Waals surface area contributed by atoms with E-state index in [1.807, 2.05) is 13.8 Å². The average Bonchev–Trinajstić information content (AvgIpc) is 2.19. The molecule has 0 saturated carbocycles. The molecule has 0 heterocycles. The number of rotatable bonds is 7. The van der Waals surface area contributed by atoms with Crippen molar-refractivity contribution in [2.45, 2.75) is 40.0 Å². The maximum atomic E-state index is 11.1. The summed E-state index contributed by atoms with van der Waals surface area (Å²) >= 11 is 0. The van der Waals surface area contributed by atoms with Gasteiger partial charge in [0, 0.05) is 0 Å². The second kappa shape index (κ2) is 8.26. The van der Waals surface area contributed by atoms with E-state index in [4.69, 9.17) is 4.74 Å². The summed E-state index contributed by atoms with van der Waals surface area (Å²) in [6.45, 7) is 6.48. The summed E-state index contributed by atoms with van der Waals surface area (Å²) in [5.41, 5.74) is 0. The third kappa shape index (κ3) is 6.94. The summed E-state index contributed by atoms with van der Waals surface area (Å²) in [5, 5.41) is 0. The van der Waals surface area contributed by atoms with Crippen LogP contribution in [0, 0.1) is 5.92 Å². The van der Waals surface area contributed by atoms with Crippen LogP contribution in [0.4, 0.5) is 0 Å². The molecule has 0 radical (unpaired) electrons. The van der Waals surface area contributed by atoms with Crippen molar-refractivity contribution in [2.75, 3.05) is 13.2 Å².